The lowest BCUT2D eigenvalue weighted by molar-refractivity contribution is 0.224. The molecular weight excluding hydrogens is 316 g/mol. The first-order chi connectivity index (χ1) is 12.2. The highest BCUT2D eigenvalue weighted by molar-refractivity contribution is 5.50. The summed E-state index contributed by atoms with van der Waals surface area (Å²) in [5.41, 5.74) is 0.990. The van der Waals surface area contributed by atoms with Crippen LogP contribution in [0.3, 0.4) is 0 Å². The second-order valence-corrected chi connectivity index (χ2v) is 6.94. The van der Waals surface area contributed by atoms with E-state index in [0.717, 1.165) is 74.8 Å². The third kappa shape index (κ3) is 3.61. The lowest BCUT2D eigenvalue weighted by atomic mass is 10.3. The van der Waals surface area contributed by atoms with Gasteiger partial charge in [-0.25, -0.2) is 15.0 Å². The van der Waals surface area contributed by atoms with Gasteiger partial charge >= 0.3 is 0 Å². The van der Waals surface area contributed by atoms with Crippen LogP contribution in [0.15, 0.2) is 16.8 Å². The molecule has 0 aromatic carbocycles. The SMILES string of the molecule is Cc1nc(CN2CCN(c3cc(N4CCCC4)ncn3)CC2)oc1C. The molecule has 0 N–H and O–H groups in total. The Morgan fingerprint density at radius 3 is 2.16 bits per heavy atom. The van der Waals surface area contributed by atoms with Crippen molar-refractivity contribution in [1.82, 2.24) is 19.9 Å². The van der Waals surface area contributed by atoms with Crippen LogP contribution in [0.1, 0.15) is 30.2 Å². The number of oxazole rings is 1. The molecule has 2 aliphatic heterocycles. The number of anilines is 2. The average molecular weight is 342 g/mol. The molecule has 2 saturated heterocycles. The van der Waals surface area contributed by atoms with E-state index in [9.17, 15) is 0 Å². The molecule has 2 fully saturated rings. The largest absolute Gasteiger partial charge is 0.444 e. The number of piperazine rings is 1. The molecule has 0 bridgehead atoms. The Hall–Kier alpha value is -2.15. The normalized spacial score (nSPS) is 19.0. The molecule has 134 valence electrons. The molecule has 2 aromatic heterocycles. The van der Waals surface area contributed by atoms with Crippen LogP contribution in [0.5, 0.6) is 0 Å². The van der Waals surface area contributed by atoms with Crippen molar-refractivity contribution in [1.29, 1.82) is 0 Å². The predicted octanol–water partition coefficient (Wildman–Crippen LogP) is 2.00. The highest BCUT2D eigenvalue weighted by Crippen LogP contribution is 2.22. The molecule has 4 rings (SSSR count). The van der Waals surface area contributed by atoms with Gasteiger partial charge in [-0.15, -0.1) is 0 Å². The van der Waals surface area contributed by atoms with Crippen LogP contribution in [0.25, 0.3) is 0 Å². The molecule has 2 aliphatic rings. The van der Waals surface area contributed by atoms with Gasteiger partial charge in [0.1, 0.15) is 23.7 Å². The van der Waals surface area contributed by atoms with Crippen molar-refractivity contribution >= 4 is 11.6 Å². The van der Waals surface area contributed by atoms with E-state index in [-0.39, 0.29) is 0 Å². The summed E-state index contributed by atoms with van der Waals surface area (Å²) in [6.45, 7) is 10.9. The summed E-state index contributed by atoms with van der Waals surface area (Å²) in [4.78, 5) is 20.5. The number of aryl methyl sites for hydroxylation is 2. The van der Waals surface area contributed by atoms with E-state index in [4.69, 9.17) is 4.42 Å². The zero-order valence-electron chi connectivity index (χ0n) is 15.1. The van der Waals surface area contributed by atoms with E-state index in [2.05, 4.69) is 35.7 Å². The van der Waals surface area contributed by atoms with Crippen LogP contribution >= 0.6 is 0 Å². The average Bonchev–Trinajstić information content (AvgIpc) is 3.26. The van der Waals surface area contributed by atoms with E-state index in [1.165, 1.54) is 12.8 Å². The van der Waals surface area contributed by atoms with Crippen LogP contribution in [-0.4, -0.2) is 59.1 Å². The first kappa shape index (κ1) is 16.3. The van der Waals surface area contributed by atoms with Gasteiger partial charge in [0.2, 0.25) is 5.89 Å². The molecule has 0 spiro atoms. The Bertz CT molecular complexity index is 697. The van der Waals surface area contributed by atoms with Gasteiger partial charge in [-0.2, -0.15) is 0 Å². The Kier molecular flexibility index (Phi) is 4.57. The second-order valence-electron chi connectivity index (χ2n) is 6.94. The lowest BCUT2D eigenvalue weighted by Crippen LogP contribution is -2.46. The van der Waals surface area contributed by atoms with Gasteiger partial charge in [0, 0.05) is 45.3 Å². The van der Waals surface area contributed by atoms with Crippen molar-refractivity contribution in [2.24, 2.45) is 0 Å². The minimum atomic E-state index is 0.783. The summed E-state index contributed by atoms with van der Waals surface area (Å²) >= 11 is 0. The number of nitrogens with zero attached hydrogens (tertiary/aromatic N) is 6. The maximum Gasteiger partial charge on any atom is 0.208 e. The molecule has 4 heterocycles. The summed E-state index contributed by atoms with van der Waals surface area (Å²) in [7, 11) is 0. The molecule has 0 aliphatic carbocycles. The molecule has 25 heavy (non-hydrogen) atoms. The second kappa shape index (κ2) is 7.00. The van der Waals surface area contributed by atoms with Crippen LogP contribution in [0.2, 0.25) is 0 Å². The molecule has 7 nitrogen and oxygen atoms in total. The maximum atomic E-state index is 5.71. The van der Waals surface area contributed by atoms with Gasteiger partial charge in [0.15, 0.2) is 0 Å². The molecule has 0 amide bonds. The first-order valence-corrected chi connectivity index (χ1v) is 9.16. The highest BCUT2D eigenvalue weighted by Gasteiger charge is 2.21. The van der Waals surface area contributed by atoms with Crippen LogP contribution in [0, 0.1) is 13.8 Å². The van der Waals surface area contributed by atoms with Gasteiger partial charge in [0.05, 0.1) is 12.2 Å². The van der Waals surface area contributed by atoms with Crippen molar-refractivity contribution in [2.75, 3.05) is 49.1 Å². The lowest BCUT2D eigenvalue weighted by Gasteiger charge is -2.35. The van der Waals surface area contributed by atoms with Crippen molar-refractivity contribution in [3.05, 3.63) is 29.7 Å². The Balaban J connectivity index is 1.36. The third-order valence-electron chi connectivity index (χ3n) is 5.20. The number of hydrogen-bond acceptors (Lipinski definition) is 7. The van der Waals surface area contributed by atoms with Gasteiger partial charge in [-0.1, -0.05) is 0 Å². The topological polar surface area (TPSA) is 61.5 Å². The van der Waals surface area contributed by atoms with Crippen molar-refractivity contribution < 1.29 is 4.42 Å². The highest BCUT2D eigenvalue weighted by atomic mass is 16.4. The molecule has 0 radical (unpaired) electrons. The summed E-state index contributed by atoms with van der Waals surface area (Å²) in [5.74, 6) is 3.85. The third-order valence-corrected chi connectivity index (χ3v) is 5.20. The minimum absolute atomic E-state index is 0.783. The standard InChI is InChI=1S/C18H26N6O/c1-14-15(2)25-18(21-14)12-22-7-9-24(10-8-22)17-11-16(19-13-20-17)23-5-3-4-6-23/h11,13H,3-10,12H2,1-2H3. The fraction of sp³-hybridized carbons (Fsp3) is 0.611. The fourth-order valence-electron chi connectivity index (χ4n) is 3.56. The zero-order chi connectivity index (χ0) is 17.2. The number of hydrogen-bond donors (Lipinski definition) is 0. The molecule has 2 aromatic rings. The fourth-order valence-corrected chi connectivity index (χ4v) is 3.56. The summed E-state index contributed by atoms with van der Waals surface area (Å²) < 4.78 is 5.71. The monoisotopic (exact) mass is 342 g/mol. The van der Waals surface area contributed by atoms with Gasteiger partial charge in [-0.05, 0) is 26.7 Å². The predicted molar refractivity (Wildman–Crippen MR) is 96.9 cm³/mol. The van der Waals surface area contributed by atoms with Crippen LogP contribution in [-0.2, 0) is 6.54 Å². The van der Waals surface area contributed by atoms with Gasteiger partial charge in [-0.3, -0.25) is 4.90 Å². The molecule has 0 atom stereocenters. The minimum Gasteiger partial charge on any atom is -0.444 e. The molecular formula is C18H26N6O. The number of rotatable bonds is 4. The Labute approximate surface area is 148 Å². The van der Waals surface area contributed by atoms with Crippen molar-refractivity contribution in [3.63, 3.8) is 0 Å². The Morgan fingerprint density at radius 2 is 1.56 bits per heavy atom. The van der Waals surface area contributed by atoms with E-state index >= 15 is 0 Å². The van der Waals surface area contributed by atoms with Crippen LogP contribution < -0.4 is 9.80 Å². The maximum absolute atomic E-state index is 5.71. The molecule has 0 saturated carbocycles. The molecule has 0 unspecified atom stereocenters. The first-order valence-electron chi connectivity index (χ1n) is 9.16. The Morgan fingerprint density at radius 1 is 0.920 bits per heavy atom. The van der Waals surface area contributed by atoms with E-state index in [0.29, 0.717) is 0 Å². The van der Waals surface area contributed by atoms with Crippen LogP contribution in [0.4, 0.5) is 11.6 Å². The van der Waals surface area contributed by atoms with Crippen molar-refractivity contribution in [2.45, 2.75) is 33.2 Å². The number of aromatic nitrogens is 3. The van der Waals surface area contributed by atoms with Crippen molar-refractivity contribution in [3.8, 4) is 0 Å². The summed E-state index contributed by atoms with van der Waals surface area (Å²) in [5, 5.41) is 0. The van der Waals surface area contributed by atoms with E-state index in [1.54, 1.807) is 6.33 Å². The van der Waals surface area contributed by atoms with E-state index < -0.39 is 0 Å². The molecule has 7 heteroatoms. The van der Waals surface area contributed by atoms with E-state index in [1.807, 2.05) is 13.8 Å². The summed E-state index contributed by atoms with van der Waals surface area (Å²) in [6.07, 6.45) is 4.23. The van der Waals surface area contributed by atoms with Gasteiger partial charge < -0.3 is 14.2 Å². The van der Waals surface area contributed by atoms with Gasteiger partial charge in [0.25, 0.3) is 0 Å². The smallest absolute Gasteiger partial charge is 0.208 e. The summed E-state index contributed by atoms with van der Waals surface area (Å²) in [6, 6.07) is 2.14. The quantitative estimate of drug-likeness (QED) is 0.842. The zero-order valence-corrected chi connectivity index (χ0v) is 15.1.